The molecule has 0 spiro atoms. The van der Waals surface area contributed by atoms with Gasteiger partial charge in [-0.05, 0) is 44.1 Å². The van der Waals surface area contributed by atoms with Crippen molar-refractivity contribution in [2.75, 3.05) is 19.6 Å². The van der Waals surface area contributed by atoms with Gasteiger partial charge in [0.05, 0.1) is 0 Å². The lowest BCUT2D eigenvalue weighted by Gasteiger charge is -2.35. The van der Waals surface area contributed by atoms with Crippen LogP contribution < -0.4 is 5.73 Å². The van der Waals surface area contributed by atoms with Crippen molar-refractivity contribution in [3.63, 3.8) is 0 Å². The van der Waals surface area contributed by atoms with Crippen molar-refractivity contribution in [2.45, 2.75) is 64.3 Å². The van der Waals surface area contributed by atoms with E-state index in [1.165, 1.54) is 64.5 Å². The van der Waals surface area contributed by atoms with Crippen LogP contribution in [0.3, 0.4) is 0 Å². The lowest BCUT2D eigenvalue weighted by Crippen LogP contribution is -2.46. The first kappa shape index (κ1) is 13.4. The normalized spacial score (nSPS) is 24.9. The Morgan fingerprint density at radius 1 is 1.06 bits per heavy atom. The number of nitrogens with two attached hydrogens (primary N) is 1. The molecule has 2 fully saturated rings. The fraction of sp³-hybridized carbons (Fsp3) is 1.00. The highest BCUT2D eigenvalue weighted by atomic mass is 15.2. The third-order valence-electron chi connectivity index (χ3n) is 4.75. The Labute approximate surface area is 107 Å². The highest BCUT2D eigenvalue weighted by Gasteiger charge is 2.30. The first-order valence-corrected chi connectivity index (χ1v) is 7.79. The van der Waals surface area contributed by atoms with E-state index in [0.29, 0.717) is 6.04 Å². The lowest BCUT2D eigenvalue weighted by molar-refractivity contribution is 0.136. The third kappa shape index (κ3) is 3.96. The largest absolute Gasteiger partial charge is 0.329 e. The van der Waals surface area contributed by atoms with Gasteiger partial charge in [-0.1, -0.05) is 32.6 Å². The van der Waals surface area contributed by atoms with Crippen LogP contribution in [0.5, 0.6) is 0 Å². The van der Waals surface area contributed by atoms with E-state index in [2.05, 4.69) is 11.8 Å². The molecular weight excluding hydrogens is 208 g/mol. The first-order valence-electron chi connectivity index (χ1n) is 7.79. The van der Waals surface area contributed by atoms with Gasteiger partial charge in [0.1, 0.15) is 0 Å². The van der Waals surface area contributed by atoms with E-state index < -0.39 is 0 Å². The van der Waals surface area contributed by atoms with E-state index in [4.69, 9.17) is 5.73 Å². The molecule has 0 heterocycles. The quantitative estimate of drug-likeness (QED) is 0.721. The molecule has 100 valence electrons. The Balaban J connectivity index is 1.90. The van der Waals surface area contributed by atoms with Gasteiger partial charge in [-0.15, -0.1) is 0 Å². The molecule has 0 saturated heterocycles. The van der Waals surface area contributed by atoms with Gasteiger partial charge in [-0.3, -0.25) is 4.90 Å². The fourth-order valence-corrected chi connectivity index (χ4v) is 3.47. The average Bonchev–Trinajstić information content (AvgIpc) is 3.15. The SMILES string of the molecule is CCN(CC1CC1)C(CN)C1CCCCCC1. The second-order valence-electron chi connectivity index (χ2n) is 6.09. The molecule has 0 aromatic carbocycles. The van der Waals surface area contributed by atoms with Crippen LogP contribution in [0.25, 0.3) is 0 Å². The van der Waals surface area contributed by atoms with Crippen molar-refractivity contribution in [2.24, 2.45) is 17.6 Å². The molecule has 0 aliphatic heterocycles. The van der Waals surface area contributed by atoms with Gasteiger partial charge < -0.3 is 5.73 Å². The van der Waals surface area contributed by atoms with Crippen LogP contribution in [0, 0.1) is 11.8 Å². The van der Waals surface area contributed by atoms with Gasteiger partial charge >= 0.3 is 0 Å². The third-order valence-corrected chi connectivity index (χ3v) is 4.75. The van der Waals surface area contributed by atoms with Gasteiger partial charge in [0.25, 0.3) is 0 Å². The minimum Gasteiger partial charge on any atom is -0.329 e. The van der Waals surface area contributed by atoms with Crippen LogP contribution >= 0.6 is 0 Å². The fourth-order valence-electron chi connectivity index (χ4n) is 3.47. The van der Waals surface area contributed by atoms with Gasteiger partial charge in [0.2, 0.25) is 0 Å². The molecule has 2 aliphatic rings. The molecule has 1 atom stereocenters. The van der Waals surface area contributed by atoms with E-state index in [1.54, 1.807) is 0 Å². The zero-order chi connectivity index (χ0) is 12.1. The Kier molecular flexibility index (Phi) is 5.30. The van der Waals surface area contributed by atoms with E-state index in [-0.39, 0.29) is 0 Å². The summed E-state index contributed by atoms with van der Waals surface area (Å²) in [4.78, 5) is 2.69. The molecule has 2 aliphatic carbocycles. The van der Waals surface area contributed by atoms with Crippen molar-refractivity contribution in [3.8, 4) is 0 Å². The van der Waals surface area contributed by atoms with E-state index in [1.807, 2.05) is 0 Å². The van der Waals surface area contributed by atoms with Crippen molar-refractivity contribution >= 4 is 0 Å². The smallest absolute Gasteiger partial charge is 0.0246 e. The Bertz CT molecular complexity index is 203. The summed E-state index contributed by atoms with van der Waals surface area (Å²) in [5.41, 5.74) is 6.09. The van der Waals surface area contributed by atoms with Crippen LogP contribution in [0.15, 0.2) is 0 Å². The highest BCUT2D eigenvalue weighted by molar-refractivity contribution is 4.85. The van der Waals surface area contributed by atoms with Crippen LogP contribution in [0.4, 0.5) is 0 Å². The minimum absolute atomic E-state index is 0.665. The molecule has 1 unspecified atom stereocenters. The molecule has 0 radical (unpaired) electrons. The molecule has 0 bridgehead atoms. The predicted molar refractivity (Wildman–Crippen MR) is 74.0 cm³/mol. The summed E-state index contributed by atoms with van der Waals surface area (Å²) in [6.07, 6.45) is 11.5. The summed E-state index contributed by atoms with van der Waals surface area (Å²) in [5.74, 6) is 1.87. The Morgan fingerprint density at radius 3 is 2.18 bits per heavy atom. The number of likely N-dealkylation sites (N-methyl/N-ethyl adjacent to an activating group) is 1. The van der Waals surface area contributed by atoms with Crippen LogP contribution in [0.2, 0.25) is 0 Å². The first-order chi connectivity index (χ1) is 8.35. The van der Waals surface area contributed by atoms with Crippen LogP contribution in [-0.2, 0) is 0 Å². The predicted octanol–water partition coefficient (Wildman–Crippen LogP) is 3.02. The lowest BCUT2D eigenvalue weighted by atomic mass is 9.90. The van der Waals surface area contributed by atoms with Gasteiger partial charge in [-0.25, -0.2) is 0 Å². The number of rotatable bonds is 6. The zero-order valence-corrected chi connectivity index (χ0v) is 11.5. The Hall–Kier alpha value is -0.0800. The number of hydrogen-bond acceptors (Lipinski definition) is 2. The minimum atomic E-state index is 0.665. The molecular formula is C15H30N2. The highest BCUT2D eigenvalue weighted by Crippen LogP contribution is 2.33. The maximum atomic E-state index is 6.09. The van der Waals surface area contributed by atoms with E-state index in [9.17, 15) is 0 Å². The molecule has 0 amide bonds. The standard InChI is InChI=1S/C15H30N2/c1-2-17(12-13-9-10-13)15(11-16)14-7-5-3-4-6-8-14/h13-15H,2-12,16H2,1H3. The molecule has 2 rings (SSSR count). The summed E-state index contributed by atoms with van der Waals surface area (Å²) in [5, 5.41) is 0. The zero-order valence-electron chi connectivity index (χ0n) is 11.5. The molecule has 0 aromatic heterocycles. The molecule has 2 N–H and O–H groups in total. The molecule has 0 aromatic rings. The van der Waals surface area contributed by atoms with Crippen molar-refractivity contribution < 1.29 is 0 Å². The summed E-state index contributed by atoms with van der Waals surface area (Å²) in [6.45, 7) is 5.68. The van der Waals surface area contributed by atoms with E-state index >= 15 is 0 Å². The van der Waals surface area contributed by atoms with E-state index in [0.717, 1.165) is 18.4 Å². The van der Waals surface area contributed by atoms with Crippen molar-refractivity contribution in [1.29, 1.82) is 0 Å². The van der Waals surface area contributed by atoms with Crippen molar-refractivity contribution in [3.05, 3.63) is 0 Å². The van der Waals surface area contributed by atoms with Gasteiger partial charge in [-0.2, -0.15) is 0 Å². The summed E-state index contributed by atoms with van der Waals surface area (Å²) in [7, 11) is 0. The van der Waals surface area contributed by atoms with Gasteiger partial charge in [0, 0.05) is 19.1 Å². The number of nitrogens with zero attached hydrogens (tertiary/aromatic N) is 1. The number of hydrogen-bond donors (Lipinski definition) is 1. The molecule has 17 heavy (non-hydrogen) atoms. The Morgan fingerprint density at radius 2 is 1.71 bits per heavy atom. The maximum absolute atomic E-state index is 6.09. The van der Waals surface area contributed by atoms with Crippen LogP contribution in [-0.4, -0.2) is 30.6 Å². The van der Waals surface area contributed by atoms with Gasteiger partial charge in [0.15, 0.2) is 0 Å². The topological polar surface area (TPSA) is 29.3 Å². The molecule has 2 nitrogen and oxygen atoms in total. The van der Waals surface area contributed by atoms with Crippen molar-refractivity contribution in [1.82, 2.24) is 4.90 Å². The average molecular weight is 238 g/mol. The summed E-state index contributed by atoms with van der Waals surface area (Å²) in [6, 6.07) is 0.665. The summed E-state index contributed by atoms with van der Waals surface area (Å²) < 4.78 is 0. The summed E-state index contributed by atoms with van der Waals surface area (Å²) >= 11 is 0. The second-order valence-corrected chi connectivity index (χ2v) is 6.09. The molecule has 2 heteroatoms. The monoisotopic (exact) mass is 238 g/mol. The molecule has 2 saturated carbocycles. The maximum Gasteiger partial charge on any atom is 0.0246 e. The second kappa shape index (κ2) is 6.75. The van der Waals surface area contributed by atoms with Crippen LogP contribution in [0.1, 0.15) is 58.3 Å².